The number of benzene rings is 2. The van der Waals surface area contributed by atoms with Gasteiger partial charge in [0.25, 0.3) is 0 Å². The summed E-state index contributed by atoms with van der Waals surface area (Å²) in [5, 5.41) is 10.4. The molecule has 1 saturated carbocycles. The standard InChI is InChI=1S/C33H50O3/c1-8-33(9-2,28-16-18-30(25(4)22-28)36-23-31(34)32(5,6)7)27-15-17-29(24(3)21-27)35-20-19-26-13-11-10-12-14-26/h15-18,21-22,26,31,34H,8-14,19-20,23H2,1-7H3. The molecule has 36 heavy (non-hydrogen) atoms. The maximum atomic E-state index is 10.4. The predicted molar refractivity (Wildman–Crippen MR) is 151 cm³/mol. The molecule has 1 N–H and O–H groups in total. The molecule has 1 atom stereocenters. The normalized spacial score (nSPS) is 16.1. The lowest BCUT2D eigenvalue weighted by molar-refractivity contribution is 0.0216. The zero-order valence-electron chi connectivity index (χ0n) is 24.0. The van der Waals surface area contributed by atoms with Crippen molar-refractivity contribution in [1.29, 1.82) is 0 Å². The molecule has 2 aromatic carbocycles. The van der Waals surface area contributed by atoms with Gasteiger partial charge in [0.1, 0.15) is 18.1 Å². The fraction of sp³-hybridized carbons (Fsp3) is 0.636. The zero-order valence-corrected chi connectivity index (χ0v) is 24.0. The van der Waals surface area contributed by atoms with E-state index in [0.717, 1.165) is 42.4 Å². The van der Waals surface area contributed by atoms with Crippen LogP contribution in [0.3, 0.4) is 0 Å². The summed E-state index contributed by atoms with van der Waals surface area (Å²) in [4.78, 5) is 0. The van der Waals surface area contributed by atoms with E-state index in [4.69, 9.17) is 9.47 Å². The summed E-state index contributed by atoms with van der Waals surface area (Å²) in [7, 11) is 0. The fourth-order valence-corrected chi connectivity index (χ4v) is 5.68. The minimum atomic E-state index is -0.506. The Morgan fingerprint density at radius 1 is 0.833 bits per heavy atom. The van der Waals surface area contributed by atoms with Crippen molar-refractivity contribution in [1.82, 2.24) is 0 Å². The smallest absolute Gasteiger partial charge is 0.122 e. The fourth-order valence-electron chi connectivity index (χ4n) is 5.68. The van der Waals surface area contributed by atoms with Crippen molar-refractivity contribution in [2.24, 2.45) is 11.3 Å². The summed E-state index contributed by atoms with van der Waals surface area (Å²) in [6.07, 6.45) is 9.64. The third-order valence-corrected chi connectivity index (χ3v) is 8.57. The van der Waals surface area contributed by atoms with Crippen molar-refractivity contribution < 1.29 is 14.6 Å². The van der Waals surface area contributed by atoms with Gasteiger partial charge in [-0.05, 0) is 78.8 Å². The molecular weight excluding hydrogens is 444 g/mol. The third-order valence-electron chi connectivity index (χ3n) is 8.57. The first-order chi connectivity index (χ1) is 17.1. The Labute approximate surface area is 220 Å². The molecule has 0 aromatic heterocycles. The Morgan fingerprint density at radius 2 is 1.36 bits per heavy atom. The van der Waals surface area contributed by atoms with Gasteiger partial charge in [-0.1, -0.05) is 91.0 Å². The van der Waals surface area contributed by atoms with Crippen LogP contribution in [0.2, 0.25) is 0 Å². The third kappa shape index (κ3) is 6.85. The van der Waals surface area contributed by atoms with Crippen molar-refractivity contribution in [3.05, 3.63) is 58.7 Å². The first-order valence-electron chi connectivity index (χ1n) is 14.3. The van der Waals surface area contributed by atoms with Crippen molar-refractivity contribution >= 4 is 0 Å². The lowest BCUT2D eigenvalue weighted by Gasteiger charge is -2.34. The van der Waals surface area contributed by atoms with Crippen LogP contribution in [0, 0.1) is 25.2 Å². The van der Waals surface area contributed by atoms with Crippen LogP contribution in [-0.2, 0) is 5.41 Å². The molecule has 0 radical (unpaired) electrons. The molecule has 1 aliphatic rings. The summed E-state index contributed by atoms with van der Waals surface area (Å²) in [6.45, 7) is 16.1. The Morgan fingerprint density at radius 3 is 1.83 bits per heavy atom. The van der Waals surface area contributed by atoms with Crippen molar-refractivity contribution in [3.63, 3.8) is 0 Å². The summed E-state index contributed by atoms with van der Waals surface area (Å²) < 4.78 is 12.3. The molecule has 0 bridgehead atoms. The highest BCUT2D eigenvalue weighted by molar-refractivity contribution is 5.48. The van der Waals surface area contributed by atoms with Crippen LogP contribution in [0.5, 0.6) is 11.5 Å². The molecule has 1 unspecified atom stereocenters. The van der Waals surface area contributed by atoms with Gasteiger partial charge in [-0.15, -0.1) is 0 Å². The van der Waals surface area contributed by atoms with E-state index in [9.17, 15) is 5.11 Å². The maximum Gasteiger partial charge on any atom is 0.122 e. The van der Waals surface area contributed by atoms with Crippen LogP contribution in [0.1, 0.15) is 108 Å². The highest BCUT2D eigenvalue weighted by Crippen LogP contribution is 2.41. The molecule has 0 spiro atoms. The van der Waals surface area contributed by atoms with Gasteiger partial charge in [0.2, 0.25) is 0 Å². The largest absolute Gasteiger partial charge is 0.493 e. The van der Waals surface area contributed by atoms with Gasteiger partial charge < -0.3 is 14.6 Å². The second kappa shape index (κ2) is 12.5. The van der Waals surface area contributed by atoms with Crippen molar-refractivity contribution in [2.75, 3.05) is 13.2 Å². The lowest BCUT2D eigenvalue weighted by atomic mass is 9.70. The minimum Gasteiger partial charge on any atom is -0.493 e. The summed E-state index contributed by atoms with van der Waals surface area (Å²) in [5.41, 5.74) is 4.74. The molecule has 0 aliphatic heterocycles. The van der Waals surface area contributed by atoms with Crippen LogP contribution in [0.4, 0.5) is 0 Å². The Bertz CT molecular complexity index is 961. The molecule has 1 aliphatic carbocycles. The quantitative estimate of drug-likeness (QED) is 0.340. The molecule has 200 valence electrons. The second-order valence-corrected chi connectivity index (χ2v) is 12.1. The lowest BCUT2D eigenvalue weighted by Crippen LogP contribution is -2.32. The van der Waals surface area contributed by atoms with E-state index in [-0.39, 0.29) is 10.8 Å². The Balaban J connectivity index is 1.74. The van der Waals surface area contributed by atoms with Crippen molar-refractivity contribution in [2.45, 2.75) is 111 Å². The number of aliphatic hydroxyl groups excluding tert-OH is 1. The molecule has 0 heterocycles. The van der Waals surface area contributed by atoms with E-state index in [1.165, 1.54) is 55.2 Å². The van der Waals surface area contributed by atoms with Crippen LogP contribution in [0.25, 0.3) is 0 Å². The summed E-state index contributed by atoms with van der Waals surface area (Å²) in [6, 6.07) is 13.4. The first kappa shape index (κ1) is 28.6. The molecule has 3 nitrogen and oxygen atoms in total. The predicted octanol–water partition coefficient (Wildman–Crippen LogP) is 8.54. The second-order valence-electron chi connectivity index (χ2n) is 12.1. The number of aliphatic hydroxyl groups is 1. The van der Waals surface area contributed by atoms with E-state index in [1.54, 1.807) is 0 Å². The van der Waals surface area contributed by atoms with Crippen LogP contribution < -0.4 is 9.47 Å². The molecule has 3 heteroatoms. The van der Waals surface area contributed by atoms with E-state index in [2.05, 4.69) is 64.1 Å². The number of aryl methyl sites for hydroxylation is 2. The number of rotatable bonds is 11. The molecule has 2 aromatic rings. The van der Waals surface area contributed by atoms with Gasteiger partial charge in [0.15, 0.2) is 0 Å². The monoisotopic (exact) mass is 494 g/mol. The Hall–Kier alpha value is -2.00. The molecule has 1 fully saturated rings. The molecular formula is C33H50O3. The average Bonchev–Trinajstić information content (AvgIpc) is 2.85. The van der Waals surface area contributed by atoms with Crippen molar-refractivity contribution in [3.8, 4) is 11.5 Å². The first-order valence-corrected chi connectivity index (χ1v) is 14.3. The summed E-state index contributed by atoms with van der Waals surface area (Å²) >= 11 is 0. The van der Waals surface area contributed by atoms with Gasteiger partial charge in [0, 0.05) is 5.41 Å². The van der Waals surface area contributed by atoms with E-state index in [1.807, 2.05) is 20.8 Å². The number of hydrogen-bond acceptors (Lipinski definition) is 3. The zero-order chi connectivity index (χ0) is 26.3. The minimum absolute atomic E-state index is 0.0560. The highest BCUT2D eigenvalue weighted by atomic mass is 16.5. The van der Waals surface area contributed by atoms with Crippen LogP contribution >= 0.6 is 0 Å². The highest BCUT2D eigenvalue weighted by Gasteiger charge is 2.32. The van der Waals surface area contributed by atoms with Gasteiger partial charge in [-0.2, -0.15) is 0 Å². The molecule has 0 amide bonds. The van der Waals surface area contributed by atoms with Gasteiger partial charge in [0.05, 0.1) is 12.7 Å². The van der Waals surface area contributed by atoms with Gasteiger partial charge in [-0.25, -0.2) is 0 Å². The topological polar surface area (TPSA) is 38.7 Å². The number of hydrogen-bond donors (Lipinski definition) is 1. The van der Waals surface area contributed by atoms with E-state index >= 15 is 0 Å². The Kier molecular flexibility index (Phi) is 9.92. The van der Waals surface area contributed by atoms with Gasteiger partial charge in [-0.3, -0.25) is 0 Å². The van der Waals surface area contributed by atoms with Crippen LogP contribution in [-0.4, -0.2) is 24.4 Å². The number of ether oxygens (including phenoxy) is 2. The average molecular weight is 495 g/mol. The summed E-state index contributed by atoms with van der Waals surface area (Å²) in [5.74, 6) is 2.71. The van der Waals surface area contributed by atoms with E-state index < -0.39 is 6.10 Å². The van der Waals surface area contributed by atoms with E-state index in [0.29, 0.717) is 6.61 Å². The SMILES string of the molecule is CCC(CC)(c1ccc(OCCC2CCCCC2)c(C)c1)c1ccc(OCC(O)C(C)(C)C)c(C)c1. The molecule has 3 rings (SSSR count). The molecule has 0 saturated heterocycles. The maximum absolute atomic E-state index is 10.4. The van der Waals surface area contributed by atoms with Gasteiger partial charge >= 0.3 is 0 Å². The van der Waals surface area contributed by atoms with Crippen LogP contribution in [0.15, 0.2) is 36.4 Å².